The molecule has 0 aliphatic carbocycles. The summed E-state index contributed by atoms with van der Waals surface area (Å²) in [4.78, 5) is 9.53. The maximum Gasteiger partial charge on any atom is 0.186 e. The minimum absolute atomic E-state index is 0.878. The number of para-hydroxylation sites is 2. The van der Waals surface area contributed by atoms with Crippen molar-refractivity contribution in [2.24, 2.45) is 0 Å². The number of ether oxygens (including phenoxy) is 2. The largest absolute Gasteiger partial charge is 0.497 e. The lowest BCUT2D eigenvalue weighted by Gasteiger charge is -2.36. The molecule has 130 valence electrons. The normalized spacial score (nSPS) is 14.8. The number of piperazine rings is 1. The first kappa shape index (κ1) is 16.0. The van der Waals surface area contributed by atoms with Crippen LogP contribution in [0.2, 0.25) is 0 Å². The molecule has 0 amide bonds. The van der Waals surface area contributed by atoms with Crippen LogP contribution in [0.5, 0.6) is 11.5 Å². The lowest BCUT2D eigenvalue weighted by molar-refractivity contribution is 0.413. The summed E-state index contributed by atoms with van der Waals surface area (Å²) in [5.74, 6) is 1.81. The summed E-state index contributed by atoms with van der Waals surface area (Å²) in [6.45, 7) is 3.82. The van der Waals surface area contributed by atoms with Crippen LogP contribution < -0.4 is 19.3 Å². The second-order valence-corrected chi connectivity index (χ2v) is 6.99. The number of aromatic nitrogens is 1. The highest BCUT2D eigenvalue weighted by Crippen LogP contribution is 2.33. The molecule has 4 rings (SSSR count). The maximum absolute atomic E-state index is 5.49. The molecule has 1 fully saturated rings. The van der Waals surface area contributed by atoms with E-state index < -0.39 is 0 Å². The van der Waals surface area contributed by atoms with Crippen molar-refractivity contribution in [3.63, 3.8) is 0 Å². The van der Waals surface area contributed by atoms with E-state index in [1.807, 2.05) is 24.3 Å². The van der Waals surface area contributed by atoms with E-state index in [0.717, 1.165) is 48.3 Å². The third kappa shape index (κ3) is 3.09. The van der Waals surface area contributed by atoms with Crippen LogP contribution in [0.4, 0.5) is 10.8 Å². The molecule has 0 spiro atoms. The Morgan fingerprint density at radius 3 is 2.44 bits per heavy atom. The molecule has 1 aliphatic heterocycles. The van der Waals surface area contributed by atoms with E-state index >= 15 is 0 Å². The Morgan fingerprint density at radius 2 is 1.68 bits per heavy atom. The van der Waals surface area contributed by atoms with E-state index in [-0.39, 0.29) is 0 Å². The van der Waals surface area contributed by atoms with Crippen LogP contribution in [0.25, 0.3) is 10.2 Å². The fourth-order valence-corrected chi connectivity index (χ4v) is 4.23. The summed E-state index contributed by atoms with van der Waals surface area (Å²) in [7, 11) is 3.42. The fraction of sp³-hybridized carbons (Fsp3) is 0.316. The average Bonchev–Trinajstić information content (AvgIpc) is 3.11. The highest BCUT2D eigenvalue weighted by molar-refractivity contribution is 7.22. The molecule has 1 aromatic heterocycles. The van der Waals surface area contributed by atoms with Crippen molar-refractivity contribution < 1.29 is 9.47 Å². The van der Waals surface area contributed by atoms with E-state index in [9.17, 15) is 0 Å². The van der Waals surface area contributed by atoms with Gasteiger partial charge in [0, 0.05) is 26.2 Å². The molecular formula is C19H21N3O2S. The van der Waals surface area contributed by atoms with Crippen molar-refractivity contribution in [2.75, 3.05) is 50.2 Å². The van der Waals surface area contributed by atoms with Gasteiger partial charge < -0.3 is 19.3 Å². The van der Waals surface area contributed by atoms with Gasteiger partial charge in [0.15, 0.2) is 5.13 Å². The Bertz CT molecular complexity index is 872. The number of anilines is 2. The second kappa shape index (κ2) is 6.80. The average molecular weight is 355 g/mol. The van der Waals surface area contributed by atoms with E-state index in [1.54, 1.807) is 25.6 Å². The Kier molecular flexibility index (Phi) is 4.36. The Labute approximate surface area is 151 Å². The quantitative estimate of drug-likeness (QED) is 0.714. The summed E-state index contributed by atoms with van der Waals surface area (Å²) >= 11 is 1.73. The number of fused-ring (bicyclic) bond motifs is 1. The minimum Gasteiger partial charge on any atom is -0.497 e. The van der Waals surface area contributed by atoms with Gasteiger partial charge in [-0.3, -0.25) is 0 Å². The monoisotopic (exact) mass is 355 g/mol. The topological polar surface area (TPSA) is 37.8 Å². The number of benzene rings is 2. The molecule has 0 saturated carbocycles. The number of thiazole rings is 1. The summed E-state index contributed by atoms with van der Waals surface area (Å²) in [5.41, 5.74) is 2.20. The minimum atomic E-state index is 0.878. The van der Waals surface area contributed by atoms with Crippen molar-refractivity contribution in [3.05, 3.63) is 42.5 Å². The van der Waals surface area contributed by atoms with E-state index in [1.165, 1.54) is 10.4 Å². The first-order valence-corrected chi connectivity index (χ1v) is 9.17. The second-order valence-electron chi connectivity index (χ2n) is 5.98. The molecule has 0 N–H and O–H groups in total. The number of methoxy groups -OCH3 is 2. The molecular weight excluding hydrogens is 334 g/mol. The van der Waals surface area contributed by atoms with Gasteiger partial charge in [0.1, 0.15) is 11.5 Å². The van der Waals surface area contributed by atoms with Gasteiger partial charge >= 0.3 is 0 Å². The van der Waals surface area contributed by atoms with Crippen LogP contribution in [-0.2, 0) is 0 Å². The molecule has 0 radical (unpaired) electrons. The van der Waals surface area contributed by atoms with Crippen molar-refractivity contribution in [1.82, 2.24) is 4.98 Å². The Morgan fingerprint density at radius 1 is 0.920 bits per heavy atom. The molecule has 1 aliphatic rings. The zero-order valence-electron chi connectivity index (χ0n) is 14.4. The standard InChI is InChI=1S/C19H21N3O2S/c1-23-14-7-8-15-18(13-14)25-19(20-15)22-11-9-21(10-12-22)16-5-3-4-6-17(16)24-2/h3-8,13H,9-12H2,1-2H3. The van der Waals surface area contributed by atoms with Gasteiger partial charge in [0.2, 0.25) is 0 Å². The molecule has 0 unspecified atom stereocenters. The fourth-order valence-electron chi connectivity index (χ4n) is 3.18. The maximum atomic E-state index is 5.49. The predicted octanol–water partition coefficient (Wildman–Crippen LogP) is 3.64. The van der Waals surface area contributed by atoms with Gasteiger partial charge in [0.25, 0.3) is 0 Å². The van der Waals surface area contributed by atoms with Crippen molar-refractivity contribution in [1.29, 1.82) is 0 Å². The van der Waals surface area contributed by atoms with Crippen molar-refractivity contribution in [3.8, 4) is 11.5 Å². The molecule has 5 nitrogen and oxygen atoms in total. The first-order chi connectivity index (χ1) is 12.3. The van der Waals surface area contributed by atoms with Gasteiger partial charge in [-0.25, -0.2) is 4.98 Å². The van der Waals surface area contributed by atoms with E-state index in [4.69, 9.17) is 14.5 Å². The molecule has 0 atom stereocenters. The third-order valence-electron chi connectivity index (χ3n) is 4.56. The SMILES string of the molecule is COc1ccc2nc(N3CCN(c4ccccc4OC)CC3)sc2c1. The molecule has 25 heavy (non-hydrogen) atoms. The molecule has 1 saturated heterocycles. The van der Waals surface area contributed by atoms with Crippen LogP contribution in [-0.4, -0.2) is 45.4 Å². The van der Waals surface area contributed by atoms with Crippen LogP contribution in [0.3, 0.4) is 0 Å². The molecule has 2 aromatic carbocycles. The highest BCUT2D eigenvalue weighted by Gasteiger charge is 2.21. The van der Waals surface area contributed by atoms with Crippen LogP contribution >= 0.6 is 11.3 Å². The lowest BCUT2D eigenvalue weighted by atomic mass is 10.2. The summed E-state index contributed by atoms with van der Waals surface area (Å²) < 4.78 is 12.0. The molecule has 0 bridgehead atoms. The zero-order valence-corrected chi connectivity index (χ0v) is 15.3. The van der Waals surface area contributed by atoms with Gasteiger partial charge in [-0.15, -0.1) is 0 Å². The van der Waals surface area contributed by atoms with E-state index in [0.29, 0.717) is 0 Å². The van der Waals surface area contributed by atoms with Crippen molar-refractivity contribution in [2.45, 2.75) is 0 Å². The van der Waals surface area contributed by atoms with Gasteiger partial charge in [-0.05, 0) is 30.3 Å². The van der Waals surface area contributed by atoms with Crippen LogP contribution in [0.15, 0.2) is 42.5 Å². The number of hydrogen-bond donors (Lipinski definition) is 0. The third-order valence-corrected chi connectivity index (χ3v) is 5.64. The lowest BCUT2D eigenvalue weighted by Crippen LogP contribution is -2.46. The highest BCUT2D eigenvalue weighted by atomic mass is 32.1. The van der Waals surface area contributed by atoms with E-state index in [2.05, 4.69) is 28.0 Å². The van der Waals surface area contributed by atoms with Crippen LogP contribution in [0.1, 0.15) is 0 Å². The van der Waals surface area contributed by atoms with Gasteiger partial charge in [0.05, 0.1) is 30.1 Å². The predicted molar refractivity (Wildman–Crippen MR) is 104 cm³/mol. The number of rotatable bonds is 4. The van der Waals surface area contributed by atoms with Gasteiger partial charge in [-0.1, -0.05) is 23.5 Å². The smallest absolute Gasteiger partial charge is 0.186 e. The van der Waals surface area contributed by atoms with Crippen LogP contribution in [0, 0.1) is 0 Å². The first-order valence-electron chi connectivity index (χ1n) is 8.36. The summed E-state index contributed by atoms with van der Waals surface area (Å²) in [5, 5.41) is 1.09. The number of hydrogen-bond acceptors (Lipinski definition) is 6. The Hall–Kier alpha value is -2.47. The Balaban J connectivity index is 1.50. The molecule has 2 heterocycles. The molecule has 6 heteroatoms. The van der Waals surface area contributed by atoms with Gasteiger partial charge in [-0.2, -0.15) is 0 Å². The zero-order chi connectivity index (χ0) is 17.2. The summed E-state index contributed by atoms with van der Waals surface area (Å²) in [6.07, 6.45) is 0. The molecule has 3 aromatic rings. The number of nitrogens with zero attached hydrogens (tertiary/aromatic N) is 3. The summed E-state index contributed by atoms with van der Waals surface area (Å²) in [6, 6.07) is 14.3. The van der Waals surface area contributed by atoms with Crippen molar-refractivity contribution >= 4 is 32.4 Å².